The Bertz CT molecular complexity index is 3530. The van der Waals surface area contributed by atoms with E-state index in [4.69, 9.17) is 18.9 Å². The predicted molar refractivity (Wildman–Crippen MR) is 285 cm³/mol. The first-order valence-corrected chi connectivity index (χ1v) is 25.7. The zero-order valence-electron chi connectivity index (χ0n) is 45.4. The molecule has 2 aromatic carbocycles. The molecule has 6 heterocycles. The quantitative estimate of drug-likeness (QED) is 0.111. The van der Waals surface area contributed by atoms with E-state index < -0.39 is 157 Å². The number of aromatic nitrogens is 2. The van der Waals surface area contributed by atoms with Crippen LogP contribution in [0.3, 0.4) is 0 Å². The highest BCUT2D eigenvalue weighted by Crippen LogP contribution is 2.49. The van der Waals surface area contributed by atoms with Crippen molar-refractivity contribution in [1.29, 1.82) is 0 Å². The number of nitrogens with one attached hydrogen (secondary N) is 1. The highest BCUT2D eigenvalue weighted by molar-refractivity contribution is 6.37. The number of amides is 1. The van der Waals surface area contributed by atoms with Crippen molar-refractivity contribution in [2.75, 3.05) is 38.2 Å². The van der Waals surface area contributed by atoms with Crippen molar-refractivity contribution in [3.63, 3.8) is 0 Å². The minimum atomic E-state index is -2.23. The zero-order chi connectivity index (χ0) is 59.3. The number of esters is 1. The van der Waals surface area contributed by atoms with Crippen LogP contribution in [0, 0.1) is 48.0 Å². The van der Waals surface area contributed by atoms with E-state index in [0.717, 1.165) is 41.4 Å². The molecule has 1 aliphatic carbocycles. The first-order chi connectivity index (χ1) is 38.2. The molecular formula is C57H59F3N6O15. The largest absolute Gasteiger partial charge is 0.507 e. The number of phenolic OH excluding ortho intramolecular Hbond substituents is 1. The lowest BCUT2D eigenvalue weighted by atomic mass is 9.78. The molecule has 2 aromatic heterocycles. The van der Waals surface area contributed by atoms with Crippen molar-refractivity contribution in [3.8, 4) is 17.2 Å². The normalized spacial score (nSPS) is 27.2. The van der Waals surface area contributed by atoms with Crippen LogP contribution < -0.4 is 20.4 Å². The fraction of sp³-hybridized carbons (Fsp3) is 0.386. The standard InChI is InChI=1S/C57H59F3N6O15/c1-25-11-10-12-26(2)55(75)62-43-34(23-61-65-18-16-64(17-19-65)54-37(60)22-33-47(71)35(56(76)77)24-66(53(33)63-54)38-14-13-32(58)21-36(38)59)48(72)40-41(49(43)73)46(70)30(6)51-42(40)52(74)57(8,81-51)79-20-15-39(78-9)27(3)50(80-31(7)67)29(5)45(69)28(4)44(25)68/h10-15,20-25,27-29,39,44-45,50,68-70H,16-19H2,1-9H3,(H,62,75)(H,76,77)/b11-10+,20-15+,26-12-,61-23+/t25-,27+,28+,29+,39-,44-,45+,50+,57-/m0/s1. The number of carbonyl (C=O) groups is 6. The smallest absolute Gasteiger partial charge is 0.341 e. The number of ketones is 3. The number of aliphatic hydroxyl groups is 2. The maximum atomic E-state index is 16.0. The van der Waals surface area contributed by atoms with Crippen LogP contribution >= 0.6 is 0 Å². The lowest BCUT2D eigenvalue weighted by Crippen LogP contribution is -2.46. The molecule has 24 heteroatoms. The van der Waals surface area contributed by atoms with Gasteiger partial charge in [-0.05, 0) is 38.1 Å². The van der Waals surface area contributed by atoms with Gasteiger partial charge in [0.1, 0.15) is 40.5 Å². The van der Waals surface area contributed by atoms with Crippen LogP contribution in [0.1, 0.15) is 95.5 Å². The highest BCUT2D eigenvalue weighted by Gasteiger charge is 2.53. The Morgan fingerprint density at radius 2 is 1.59 bits per heavy atom. The second-order valence-electron chi connectivity index (χ2n) is 20.6. The third kappa shape index (κ3) is 11.0. The summed E-state index contributed by atoms with van der Waals surface area (Å²) < 4.78 is 69.6. The summed E-state index contributed by atoms with van der Waals surface area (Å²) >= 11 is 0. The van der Waals surface area contributed by atoms with E-state index in [1.54, 1.807) is 33.8 Å². The van der Waals surface area contributed by atoms with Crippen molar-refractivity contribution in [1.82, 2.24) is 19.9 Å². The Kier molecular flexibility index (Phi) is 16.6. The number of methoxy groups -OCH3 is 1. The number of aliphatic hydroxyl groups excluding tert-OH is 2. The molecule has 4 aliphatic heterocycles. The van der Waals surface area contributed by atoms with Gasteiger partial charge in [-0.3, -0.25) is 38.3 Å². The molecule has 428 valence electrons. The first-order valence-electron chi connectivity index (χ1n) is 25.7. The van der Waals surface area contributed by atoms with Gasteiger partial charge in [0.2, 0.25) is 11.2 Å². The fourth-order valence-corrected chi connectivity index (χ4v) is 10.4. The third-order valence-electron chi connectivity index (χ3n) is 15.2. The van der Waals surface area contributed by atoms with Gasteiger partial charge in [-0.1, -0.05) is 45.9 Å². The number of piperazine rings is 1. The van der Waals surface area contributed by atoms with Crippen molar-refractivity contribution in [3.05, 3.63) is 133 Å². The zero-order valence-corrected chi connectivity index (χ0v) is 45.4. The number of pyridine rings is 2. The summed E-state index contributed by atoms with van der Waals surface area (Å²) in [5, 5.41) is 52.4. The fourth-order valence-electron chi connectivity index (χ4n) is 10.4. The molecule has 4 aromatic rings. The van der Waals surface area contributed by atoms with Gasteiger partial charge in [0.05, 0.1) is 77.2 Å². The van der Waals surface area contributed by atoms with Gasteiger partial charge in [0.25, 0.3) is 11.7 Å². The summed E-state index contributed by atoms with van der Waals surface area (Å²) in [6.07, 6.45) is 4.46. The van der Waals surface area contributed by atoms with Gasteiger partial charge in [-0.25, -0.2) is 22.9 Å². The molecule has 5 aliphatic rings. The van der Waals surface area contributed by atoms with Gasteiger partial charge >= 0.3 is 17.7 Å². The topological polar surface area (TPSA) is 286 Å². The second-order valence-corrected chi connectivity index (χ2v) is 20.6. The van der Waals surface area contributed by atoms with Gasteiger partial charge in [-0.2, -0.15) is 5.10 Å². The van der Waals surface area contributed by atoms with Crippen molar-refractivity contribution < 1.29 is 81.3 Å². The number of aromatic carboxylic acids is 1. The number of rotatable bonds is 7. The molecule has 5 bridgehead atoms. The number of aromatic hydroxyl groups is 1. The average molecular weight is 1130 g/mol. The molecule has 0 saturated carbocycles. The molecule has 21 nitrogen and oxygen atoms in total. The average Bonchev–Trinajstić information content (AvgIpc) is 3.90. The minimum Gasteiger partial charge on any atom is -0.507 e. The molecule has 1 saturated heterocycles. The number of halogens is 3. The van der Waals surface area contributed by atoms with Gasteiger partial charge in [0.15, 0.2) is 23.1 Å². The summed E-state index contributed by atoms with van der Waals surface area (Å²) in [6, 6.07) is 3.21. The Morgan fingerprint density at radius 3 is 2.23 bits per heavy atom. The minimum absolute atomic E-state index is 0.00322. The molecule has 0 unspecified atom stereocenters. The lowest BCUT2D eigenvalue weighted by Gasteiger charge is -2.38. The van der Waals surface area contributed by atoms with Gasteiger partial charge < -0.3 is 49.6 Å². The summed E-state index contributed by atoms with van der Waals surface area (Å²) in [5.74, 6) is -15.9. The molecule has 9 rings (SSSR count). The second kappa shape index (κ2) is 22.9. The van der Waals surface area contributed by atoms with E-state index in [1.807, 2.05) is 0 Å². The molecule has 0 radical (unpaired) electrons. The summed E-state index contributed by atoms with van der Waals surface area (Å²) in [7, 11) is 1.37. The molecular weight excluding hydrogens is 1070 g/mol. The van der Waals surface area contributed by atoms with Crippen LogP contribution in [0.25, 0.3) is 16.7 Å². The van der Waals surface area contributed by atoms with Crippen LogP contribution in [0.4, 0.5) is 19.0 Å². The number of ether oxygens (including phenoxy) is 4. The molecule has 5 N–H and O–H groups in total. The number of Topliss-reactive ketones (excluding diaryl/α,β-unsaturated/α-hetero) is 3. The molecule has 9 atom stereocenters. The van der Waals surface area contributed by atoms with E-state index in [9.17, 15) is 53.6 Å². The number of hydrogen-bond acceptors (Lipinski definition) is 18. The molecule has 81 heavy (non-hydrogen) atoms. The predicted octanol–water partition coefficient (Wildman–Crippen LogP) is 5.62. The van der Waals surface area contributed by atoms with Crippen molar-refractivity contribution >= 4 is 58.3 Å². The number of nitrogens with zero attached hydrogens (tertiary/aromatic N) is 5. The van der Waals surface area contributed by atoms with Crippen LogP contribution in [0.15, 0.2) is 87.8 Å². The molecule has 0 spiro atoms. The number of anilines is 1. The number of carbonyl (C=O) groups excluding carboxylic acids is 5. The molecule has 1 amide bonds. The number of allylic oxidation sites excluding steroid dienone is 4. The number of hydrogen-bond donors (Lipinski definition) is 5. The molecule has 1 fully saturated rings. The highest BCUT2D eigenvalue weighted by atomic mass is 19.1. The van der Waals surface area contributed by atoms with Crippen molar-refractivity contribution in [2.45, 2.75) is 85.6 Å². The van der Waals surface area contributed by atoms with Crippen LogP contribution in [-0.2, 0) is 23.8 Å². The van der Waals surface area contributed by atoms with Crippen LogP contribution in [0.2, 0.25) is 0 Å². The SMILES string of the molecule is CO[C@H]1/C=C/O[C@@]2(C)Oc3c(C)c(O)c4c(c3C2=O)C(=O)C(/C=N/N2CCN(c3nc5c(cc3F)c(=O)c(C(=O)O)cn5-c3ccc(F)cc3F)CC2)=C(NC(=O)/C(C)=C\C=C\[C@H](C)[C@H](O)[C@@H](C)[C@@H](O)[C@@H](C)[C@H](OC(C)=O)[C@@H]1C)C4=O. The summed E-state index contributed by atoms with van der Waals surface area (Å²) in [5.41, 5.74) is -5.58. The van der Waals surface area contributed by atoms with Crippen molar-refractivity contribution in [2.24, 2.45) is 28.8 Å². The van der Waals surface area contributed by atoms with E-state index in [-0.39, 0.29) is 60.2 Å². The van der Waals surface area contributed by atoms with Crippen LogP contribution in [-0.4, -0.2) is 140 Å². The number of carboxylic acid groups (broad SMARTS) is 1. The first kappa shape index (κ1) is 58.7. The Labute approximate surface area is 461 Å². The number of hydrazone groups is 1. The van der Waals surface area contributed by atoms with Gasteiger partial charge in [-0.15, -0.1) is 0 Å². The summed E-state index contributed by atoms with van der Waals surface area (Å²) in [6.45, 7) is 11.7. The summed E-state index contributed by atoms with van der Waals surface area (Å²) in [4.78, 5) is 102. The van der Waals surface area contributed by atoms with Gasteiger partial charge in [0, 0.05) is 81.1 Å². The number of benzene rings is 2. The Morgan fingerprint density at radius 1 is 0.901 bits per heavy atom. The third-order valence-corrected chi connectivity index (χ3v) is 15.2. The maximum absolute atomic E-state index is 16.0. The number of phenols is 1. The maximum Gasteiger partial charge on any atom is 0.341 e. The number of fused-ring (bicyclic) bond motifs is 15. The van der Waals surface area contributed by atoms with E-state index in [1.165, 1.54) is 62.9 Å². The van der Waals surface area contributed by atoms with E-state index >= 15 is 13.6 Å². The van der Waals surface area contributed by atoms with E-state index in [0.29, 0.717) is 6.07 Å². The Hall–Kier alpha value is -8.48. The van der Waals surface area contributed by atoms with E-state index in [2.05, 4.69) is 15.4 Å². The Balaban J connectivity index is 1.16. The lowest BCUT2D eigenvalue weighted by molar-refractivity contribution is -0.160. The monoisotopic (exact) mass is 1120 g/mol. The number of carboxylic acids is 1. The van der Waals surface area contributed by atoms with Crippen LogP contribution in [0.5, 0.6) is 11.5 Å².